The Bertz CT molecular complexity index is 3030. The summed E-state index contributed by atoms with van der Waals surface area (Å²) < 4.78 is 16.2. The monoisotopic (exact) mass is 598 g/mol. The molecule has 4 nitrogen and oxygen atoms in total. The third kappa shape index (κ3) is 2.09. The first-order valence-electron chi connectivity index (χ1n) is 16.7. The first-order chi connectivity index (χ1) is 23.2. The number of benzene rings is 6. The summed E-state index contributed by atoms with van der Waals surface area (Å²) in [6.07, 6.45) is 0. The van der Waals surface area contributed by atoms with Crippen LogP contribution < -0.4 is 15.8 Å². The van der Waals surface area contributed by atoms with Crippen LogP contribution in [-0.2, 0) is 5.41 Å². The maximum absolute atomic E-state index is 6.90. The van der Waals surface area contributed by atoms with Gasteiger partial charge < -0.3 is 18.2 Å². The molecule has 5 heteroatoms. The summed E-state index contributed by atoms with van der Waals surface area (Å²) in [5.74, 6) is 0.273. The van der Waals surface area contributed by atoms with E-state index in [-0.39, 0.29) is 24.2 Å². The van der Waals surface area contributed by atoms with E-state index in [1.54, 1.807) is 0 Å². The molecule has 0 saturated heterocycles. The van der Waals surface area contributed by atoms with Gasteiger partial charge in [0.2, 0.25) is 0 Å². The van der Waals surface area contributed by atoms with E-state index < -0.39 is 0 Å². The fraction of sp³-hybridized carbons (Fsp3) is 0.0952. The van der Waals surface area contributed by atoms with E-state index in [0.29, 0.717) is 0 Å². The number of furan rings is 2. The number of anilines is 2. The average molecular weight is 598 g/mol. The van der Waals surface area contributed by atoms with Gasteiger partial charge in [0.25, 0.3) is 0 Å². The molecule has 47 heavy (non-hydrogen) atoms. The Morgan fingerprint density at radius 3 is 2.40 bits per heavy atom. The largest absolute Gasteiger partial charge is 0.456 e. The topological polar surface area (TPSA) is 34.5 Å². The molecule has 3 atom stereocenters. The average Bonchev–Trinajstić information content (AvgIpc) is 3.88. The van der Waals surface area contributed by atoms with Gasteiger partial charge in [-0.1, -0.05) is 78.9 Å². The third-order valence-corrected chi connectivity index (χ3v) is 12.8. The summed E-state index contributed by atoms with van der Waals surface area (Å²) in [6.45, 7) is 2.51. The lowest BCUT2D eigenvalue weighted by Crippen LogP contribution is -2.59. The molecule has 0 amide bonds. The molecular formula is C42H23BN2O2. The molecule has 1 aliphatic carbocycles. The molecule has 216 valence electrons. The minimum Gasteiger partial charge on any atom is -0.456 e. The highest BCUT2D eigenvalue weighted by molar-refractivity contribution is 6.90. The SMILES string of the molecule is CC12c3ccccc3C3c4cccc5c4N(c4c6c(cc7oc8cccc1c8c47)-c1cccc4c7oc8ccccc8c7n(c14)B56)C32. The smallest absolute Gasteiger partial charge is 0.333 e. The second-order valence-corrected chi connectivity index (χ2v) is 14.5. The molecule has 7 heterocycles. The van der Waals surface area contributed by atoms with Gasteiger partial charge in [-0.3, -0.25) is 0 Å². The summed E-state index contributed by atoms with van der Waals surface area (Å²) >= 11 is 0. The van der Waals surface area contributed by atoms with Gasteiger partial charge in [0.05, 0.1) is 22.6 Å². The van der Waals surface area contributed by atoms with E-state index in [0.717, 1.165) is 22.3 Å². The zero-order valence-electron chi connectivity index (χ0n) is 25.3. The van der Waals surface area contributed by atoms with Crippen molar-refractivity contribution in [3.8, 4) is 11.1 Å². The molecule has 0 fully saturated rings. The highest BCUT2D eigenvalue weighted by Crippen LogP contribution is 2.66. The van der Waals surface area contributed by atoms with Crippen LogP contribution in [0.5, 0.6) is 0 Å². The zero-order valence-corrected chi connectivity index (χ0v) is 25.3. The Kier molecular flexibility index (Phi) is 3.32. The molecule has 0 radical (unpaired) electrons. The quantitative estimate of drug-likeness (QED) is 0.164. The lowest BCUT2D eigenvalue weighted by Gasteiger charge is -2.44. The van der Waals surface area contributed by atoms with E-state index in [1.807, 2.05) is 0 Å². The second kappa shape index (κ2) is 6.86. The number of rotatable bonds is 0. The molecule has 0 saturated carbocycles. The predicted octanol–water partition coefficient (Wildman–Crippen LogP) is 8.67. The summed E-state index contributed by atoms with van der Waals surface area (Å²) in [5.41, 5.74) is 19.9. The highest BCUT2D eigenvalue weighted by atomic mass is 16.3. The van der Waals surface area contributed by atoms with Gasteiger partial charge in [0.1, 0.15) is 16.7 Å². The number of fused-ring (bicyclic) bond motifs is 13. The van der Waals surface area contributed by atoms with E-state index >= 15 is 0 Å². The Hall–Kier alpha value is -5.68. The first-order valence-corrected chi connectivity index (χ1v) is 16.7. The number of hydrogen-bond acceptors (Lipinski definition) is 3. The van der Waals surface area contributed by atoms with Crippen LogP contribution in [0.25, 0.3) is 66.0 Å². The van der Waals surface area contributed by atoms with Crippen LogP contribution in [0.4, 0.5) is 11.4 Å². The van der Waals surface area contributed by atoms with Crippen molar-refractivity contribution in [2.75, 3.05) is 4.90 Å². The van der Waals surface area contributed by atoms with Crippen molar-refractivity contribution in [1.82, 2.24) is 4.48 Å². The Morgan fingerprint density at radius 2 is 1.43 bits per heavy atom. The normalized spacial score (nSPS) is 21.7. The van der Waals surface area contributed by atoms with Crippen LogP contribution in [0, 0.1) is 0 Å². The first kappa shape index (κ1) is 22.8. The van der Waals surface area contributed by atoms with Gasteiger partial charge in [-0.05, 0) is 76.0 Å². The molecule has 3 unspecified atom stereocenters. The van der Waals surface area contributed by atoms with Crippen LogP contribution in [0.3, 0.4) is 0 Å². The fourth-order valence-corrected chi connectivity index (χ4v) is 11.3. The minimum absolute atomic E-state index is 0.00189. The summed E-state index contributed by atoms with van der Waals surface area (Å²) in [4.78, 5) is 2.79. The van der Waals surface area contributed by atoms with Crippen molar-refractivity contribution < 1.29 is 8.83 Å². The second-order valence-electron chi connectivity index (χ2n) is 14.5. The van der Waals surface area contributed by atoms with Crippen molar-refractivity contribution in [1.29, 1.82) is 0 Å². The minimum atomic E-state index is -0.228. The zero-order chi connectivity index (χ0) is 30.1. The number of aromatic nitrogens is 1. The molecule has 0 spiro atoms. The molecule has 9 aromatic rings. The lowest BCUT2D eigenvalue weighted by atomic mass is 9.45. The summed E-state index contributed by atoms with van der Waals surface area (Å²) in [7, 11) is 0. The number of nitrogens with zero attached hydrogens (tertiary/aromatic N) is 2. The van der Waals surface area contributed by atoms with Crippen molar-refractivity contribution in [3.63, 3.8) is 0 Å². The Balaban J connectivity index is 1.28. The highest BCUT2D eigenvalue weighted by Gasteiger charge is 2.62. The molecule has 6 aromatic carbocycles. The number of hydrogen-bond donors (Lipinski definition) is 0. The van der Waals surface area contributed by atoms with Crippen LogP contribution >= 0.6 is 0 Å². The maximum Gasteiger partial charge on any atom is 0.333 e. The van der Waals surface area contributed by atoms with Crippen LogP contribution in [0.1, 0.15) is 35.1 Å². The van der Waals surface area contributed by atoms with Gasteiger partial charge in [0.15, 0.2) is 5.58 Å². The lowest BCUT2D eigenvalue weighted by molar-refractivity contribution is 0.468. The Morgan fingerprint density at radius 1 is 0.638 bits per heavy atom. The molecule has 0 bridgehead atoms. The van der Waals surface area contributed by atoms with Crippen molar-refractivity contribution in [3.05, 3.63) is 131 Å². The molecule has 5 aliphatic rings. The predicted molar refractivity (Wildman–Crippen MR) is 189 cm³/mol. The van der Waals surface area contributed by atoms with Crippen LogP contribution in [0.15, 0.2) is 118 Å². The molecule has 0 N–H and O–H groups in total. The molecule has 14 rings (SSSR count). The van der Waals surface area contributed by atoms with Crippen molar-refractivity contribution in [2.24, 2.45) is 0 Å². The fourth-order valence-electron chi connectivity index (χ4n) is 11.3. The molecule has 4 aliphatic heterocycles. The van der Waals surface area contributed by atoms with Crippen molar-refractivity contribution in [2.45, 2.75) is 24.3 Å². The van der Waals surface area contributed by atoms with Gasteiger partial charge >= 0.3 is 6.85 Å². The summed E-state index contributed by atoms with van der Waals surface area (Å²) in [5, 5.41) is 4.89. The summed E-state index contributed by atoms with van der Waals surface area (Å²) in [6, 6.07) is 41.0. The van der Waals surface area contributed by atoms with Crippen LogP contribution in [-0.4, -0.2) is 17.4 Å². The van der Waals surface area contributed by atoms with Crippen LogP contribution in [0.2, 0.25) is 0 Å². The standard InChI is InChI=1S/C42H23BN2O2/c1-42-26-14-4-2-9-21(26)32-23-12-7-16-28-37(23)44(41(32)42)39-34-31(46-30-18-8-15-27(42)33(30)34)19-25-20-11-6-13-24-36(20)45(43(28)35(25)39)38-22-10-3-5-17-29(22)47-40(24)38/h2-19,32,41H,1H3. The molecule has 3 aromatic heterocycles. The maximum atomic E-state index is 6.90. The number of para-hydroxylation sites is 3. The van der Waals surface area contributed by atoms with Gasteiger partial charge in [-0.15, -0.1) is 0 Å². The van der Waals surface area contributed by atoms with Gasteiger partial charge in [-0.2, -0.15) is 0 Å². The van der Waals surface area contributed by atoms with Gasteiger partial charge in [-0.25, -0.2) is 0 Å². The Labute approximate surface area is 268 Å². The van der Waals surface area contributed by atoms with Crippen molar-refractivity contribution >= 4 is 84.1 Å². The van der Waals surface area contributed by atoms with E-state index in [1.165, 1.54) is 88.3 Å². The molecular weight excluding hydrogens is 575 g/mol. The van der Waals surface area contributed by atoms with E-state index in [2.05, 4.69) is 125 Å². The van der Waals surface area contributed by atoms with E-state index in [4.69, 9.17) is 8.83 Å². The van der Waals surface area contributed by atoms with Gasteiger partial charge in [0, 0.05) is 44.3 Å². The third-order valence-electron chi connectivity index (χ3n) is 12.8. The van der Waals surface area contributed by atoms with E-state index in [9.17, 15) is 0 Å².